The third kappa shape index (κ3) is 4.89. The number of nitriles is 1. The van der Waals surface area contributed by atoms with Crippen molar-refractivity contribution in [2.75, 3.05) is 11.4 Å². The number of anilines is 1. The van der Waals surface area contributed by atoms with Crippen molar-refractivity contribution >= 4 is 45.2 Å². The Morgan fingerprint density at radius 1 is 1.21 bits per heavy atom. The maximum atomic E-state index is 12.9. The molecule has 1 aliphatic heterocycles. The predicted octanol–water partition coefficient (Wildman–Crippen LogP) is 4.40. The first kappa shape index (κ1) is 21.2. The summed E-state index contributed by atoms with van der Waals surface area (Å²) in [5, 5.41) is 12.6. The van der Waals surface area contributed by atoms with Crippen molar-refractivity contribution in [3.05, 3.63) is 75.2 Å². The van der Waals surface area contributed by atoms with E-state index in [0.29, 0.717) is 30.1 Å². The molecule has 5 nitrogen and oxygen atoms in total. The highest BCUT2D eigenvalue weighted by atomic mass is 79.9. The van der Waals surface area contributed by atoms with Gasteiger partial charge in [-0.15, -0.1) is 0 Å². The van der Waals surface area contributed by atoms with Gasteiger partial charge in [-0.2, -0.15) is 5.26 Å². The molecule has 1 atom stereocenters. The maximum absolute atomic E-state index is 12.9. The summed E-state index contributed by atoms with van der Waals surface area (Å²) in [6, 6.07) is 19.1. The molecular formula is C22H20BrN3O2S. The number of nitrogens with one attached hydrogen (secondary N) is 1. The fourth-order valence-electron chi connectivity index (χ4n) is 2.99. The van der Waals surface area contributed by atoms with Crippen LogP contribution in [0.1, 0.15) is 18.9 Å². The number of carbonyl (C=O) groups is 2. The van der Waals surface area contributed by atoms with Crippen molar-refractivity contribution in [2.45, 2.75) is 25.0 Å². The average Bonchev–Trinajstić information content (AvgIpc) is 3.06. The van der Waals surface area contributed by atoms with E-state index in [2.05, 4.69) is 21.2 Å². The molecule has 1 saturated heterocycles. The molecule has 2 amide bonds. The molecule has 1 aliphatic rings. The number of amides is 2. The quantitative estimate of drug-likeness (QED) is 0.502. The molecule has 0 aromatic heterocycles. The summed E-state index contributed by atoms with van der Waals surface area (Å²) in [7, 11) is 0. The van der Waals surface area contributed by atoms with Crippen LogP contribution in [0.3, 0.4) is 0 Å². The van der Waals surface area contributed by atoms with E-state index in [-0.39, 0.29) is 16.7 Å². The molecule has 2 aromatic carbocycles. The number of halogens is 1. The second-order valence-electron chi connectivity index (χ2n) is 6.45. The Kier molecular flexibility index (Phi) is 7.13. The molecule has 1 fully saturated rings. The number of rotatable bonds is 6. The lowest BCUT2D eigenvalue weighted by molar-refractivity contribution is -0.117. The first-order chi connectivity index (χ1) is 14.0. The number of nitrogens with zero attached hydrogens (tertiary/aromatic N) is 2. The molecule has 1 N–H and O–H groups in total. The summed E-state index contributed by atoms with van der Waals surface area (Å²) in [6.07, 6.45) is 1.29. The zero-order chi connectivity index (χ0) is 20.8. The largest absolute Gasteiger partial charge is 0.351 e. The van der Waals surface area contributed by atoms with E-state index in [1.165, 1.54) is 16.7 Å². The lowest BCUT2D eigenvalue weighted by atomic mass is 10.1. The van der Waals surface area contributed by atoms with Crippen LogP contribution in [-0.2, 0) is 16.0 Å². The number of hydrogen-bond acceptors (Lipinski definition) is 4. The standard InChI is InChI=1S/C22H20BrN3O2S/c1-2-19-21(28)26(17-10-8-16(23)9-11-17)22(29-19)18(14-24)20(27)25-13-12-15-6-4-3-5-7-15/h3-11,19H,2,12-13H2,1H3,(H,25,27)/b22-18-/t19-/m1/s1. The Morgan fingerprint density at radius 2 is 1.90 bits per heavy atom. The van der Waals surface area contributed by atoms with Crippen LogP contribution in [-0.4, -0.2) is 23.6 Å². The van der Waals surface area contributed by atoms with Crippen LogP contribution in [0.15, 0.2) is 69.7 Å². The first-order valence-corrected chi connectivity index (χ1v) is 10.9. The minimum atomic E-state index is -0.461. The highest BCUT2D eigenvalue weighted by Crippen LogP contribution is 2.41. The van der Waals surface area contributed by atoms with Gasteiger partial charge in [0, 0.05) is 16.7 Å². The highest BCUT2D eigenvalue weighted by molar-refractivity contribution is 9.10. The van der Waals surface area contributed by atoms with Crippen molar-refractivity contribution in [2.24, 2.45) is 0 Å². The van der Waals surface area contributed by atoms with Crippen LogP contribution in [0, 0.1) is 11.3 Å². The van der Waals surface area contributed by atoms with Gasteiger partial charge in [0.05, 0.1) is 5.25 Å². The molecule has 0 radical (unpaired) electrons. The maximum Gasteiger partial charge on any atom is 0.264 e. The normalized spacial score (nSPS) is 17.8. The van der Waals surface area contributed by atoms with E-state index in [4.69, 9.17) is 0 Å². The van der Waals surface area contributed by atoms with Gasteiger partial charge in [0.25, 0.3) is 5.91 Å². The Hall–Kier alpha value is -2.56. The summed E-state index contributed by atoms with van der Waals surface area (Å²) in [5.41, 5.74) is 1.71. The molecule has 0 spiro atoms. The Bertz CT molecular complexity index is 968. The predicted molar refractivity (Wildman–Crippen MR) is 119 cm³/mol. The summed E-state index contributed by atoms with van der Waals surface area (Å²) in [4.78, 5) is 27.1. The fourth-order valence-corrected chi connectivity index (χ4v) is 4.46. The molecule has 1 heterocycles. The monoisotopic (exact) mass is 469 g/mol. The number of hydrogen-bond donors (Lipinski definition) is 1. The Morgan fingerprint density at radius 3 is 2.52 bits per heavy atom. The Balaban J connectivity index is 1.84. The third-order valence-corrected chi connectivity index (χ3v) is 6.46. The zero-order valence-electron chi connectivity index (χ0n) is 15.9. The van der Waals surface area contributed by atoms with Gasteiger partial charge >= 0.3 is 0 Å². The zero-order valence-corrected chi connectivity index (χ0v) is 18.3. The molecular weight excluding hydrogens is 450 g/mol. The van der Waals surface area contributed by atoms with Crippen molar-refractivity contribution in [3.8, 4) is 6.07 Å². The third-order valence-electron chi connectivity index (χ3n) is 4.50. The van der Waals surface area contributed by atoms with E-state index < -0.39 is 5.91 Å². The molecule has 0 aliphatic carbocycles. The molecule has 29 heavy (non-hydrogen) atoms. The minimum absolute atomic E-state index is 0.0321. The van der Waals surface area contributed by atoms with E-state index in [1.54, 1.807) is 12.1 Å². The molecule has 0 unspecified atom stereocenters. The number of thioether (sulfide) groups is 1. The van der Waals surface area contributed by atoms with Crippen LogP contribution in [0.2, 0.25) is 0 Å². The second kappa shape index (κ2) is 9.77. The summed E-state index contributed by atoms with van der Waals surface area (Å²) >= 11 is 4.66. The van der Waals surface area contributed by atoms with Crippen LogP contribution in [0.5, 0.6) is 0 Å². The van der Waals surface area contributed by atoms with E-state index in [0.717, 1.165) is 10.0 Å². The van der Waals surface area contributed by atoms with Crippen LogP contribution >= 0.6 is 27.7 Å². The van der Waals surface area contributed by atoms with Gasteiger partial charge in [-0.25, -0.2) is 0 Å². The van der Waals surface area contributed by atoms with Crippen LogP contribution in [0.4, 0.5) is 5.69 Å². The van der Waals surface area contributed by atoms with Crippen LogP contribution in [0.25, 0.3) is 0 Å². The molecule has 0 saturated carbocycles. The van der Waals surface area contributed by atoms with Crippen molar-refractivity contribution in [1.82, 2.24) is 5.32 Å². The van der Waals surface area contributed by atoms with E-state index in [9.17, 15) is 14.9 Å². The van der Waals surface area contributed by atoms with Gasteiger partial charge in [-0.05, 0) is 42.7 Å². The molecule has 7 heteroatoms. The van der Waals surface area contributed by atoms with Gasteiger partial charge < -0.3 is 5.32 Å². The topological polar surface area (TPSA) is 73.2 Å². The number of benzene rings is 2. The number of carbonyl (C=O) groups excluding carboxylic acids is 2. The van der Waals surface area contributed by atoms with Gasteiger partial charge in [0.15, 0.2) is 0 Å². The molecule has 0 bridgehead atoms. The summed E-state index contributed by atoms with van der Waals surface area (Å²) < 4.78 is 0.886. The van der Waals surface area contributed by atoms with E-state index in [1.807, 2.05) is 55.5 Å². The molecule has 148 valence electrons. The molecule has 2 aromatic rings. The summed E-state index contributed by atoms with van der Waals surface area (Å²) in [6.45, 7) is 2.33. The lowest BCUT2D eigenvalue weighted by Crippen LogP contribution is -2.32. The highest BCUT2D eigenvalue weighted by Gasteiger charge is 2.39. The Labute approximate surface area is 182 Å². The second-order valence-corrected chi connectivity index (χ2v) is 8.56. The van der Waals surface area contributed by atoms with Crippen molar-refractivity contribution in [3.63, 3.8) is 0 Å². The van der Waals surface area contributed by atoms with Crippen molar-refractivity contribution < 1.29 is 9.59 Å². The van der Waals surface area contributed by atoms with E-state index >= 15 is 0 Å². The van der Waals surface area contributed by atoms with Crippen LogP contribution < -0.4 is 10.2 Å². The SMILES string of the molecule is CC[C@H]1S/C(=C(/C#N)C(=O)NCCc2ccccc2)N(c2ccc(Br)cc2)C1=O. The first-order valence-electron chi connectivity index (χ1n) is 9.27. The van der Waals surface area contributed by atoms with Gasteiger partial charge in [-0.3, -0.25) is 14.5 Å². The summed E-state index contributed by atoms with van der Waals surface area (Å²) in [5.74, 6) is -0.572. The van der Waals surface area contributed by atoms with Gasteiger partial charge in [0.2, 0.25) is 5.91 Å². The minimum Gasteiger partial charge on any atom is -0.351 e. The van der Waals surface area contributed by atoms with Gasteiger partial charge in [0.1, 0.15) is 16.7 Å². The smallest absolute Gasteiger partial charge is 0.264 e. The van der Waals surface area contributed by atoms with Crippen molar-refractivity contribution in [1.29, 1.82) is 5.26 Å². The fraction of sp³-hybridized carbons (Fsp3) is 0.227. The van der Waals surface area contributed by atoms with Gasteiger partial charge in [-0.1, -0.05) is 64.9 Å². The molecule has 3 rings (SSSR count). The lowest BCUT2D eigenvalue weighted by Gasteiger charge is -2.18. The average molecular weight is 470 g/mol.